The first-order valence-corrected chi connectivity index (χ1v) is 10.8. The molecule has 0 aromatic carbocycles. The van der Waals surface area contributed by atoms with E-state index in [9.17, 15) is 13.2 Å². The minimum absolute atomic E-state index is 0.0633. The van der Waals surface area contributed by atoms with E-state index < -0.39 is 10.0 Å². The molecular weight excluding hydrogens is 368 g/mol. The fraction of sp³-hybridized carbons (Fsp3) is 0.933. The molecule has 2 N–H and O–H groups in total. The normalized spacial score (nSPS) is 39.9. The van der Waals surface area contributed by atoms with Crippen molar-refractivity contribution in [3.8, 4) is 0 Å². The summed E-state index contributed by atoms with van der Waals surface area (Å²) in [5, 5.41) is 2.86. The van der Waals surface area contributed by atoms with Crippen LogP contribution in [-0.2, 0) is 14.8 Å². The molecular formula is C15H25BrN2O3S. The van der Waals surface area contributed by atoms with Gasteiger partial charge in [-0.2, -0.15) is 0 Å². The van der Waals surface area contributed by atoms with Gasteiger partial charge in [-0.15, -0.1) is 0 Å². The van der Waals surface area contributed by atoms with E-state index in [0.717, 1.165) is 24.5 Å². The third-order valence-electron chi connectivity index (χ3n) is 5.46. The predicted molar refractivity (Wildman–Crippen MR) is 89.2 cm³/mol. The van der Waals surface area contributed by atoms with Gasteiger partial charge in [0.15, 0.2) is 0 Å². The van der Waals surface area contributed by atoms with Crippen LogP contribution in [0, 0.1) is 17.3 Å². The Labute approximate surface area is 141 Å². The van der Waals surface area contributed by atoms with Crippen molar-refractivity contribution in [2.45, 2.75) is 49.3 Å². The second-order valence-electron chi connectivity index (χ2n) is 7.81. The summed E-state index contributed by atoms with van der Waals surface area (Å²) >= 11 is 3.96. The maximum atomic E-state index is 12.3. The molecule has 4 bridgehead atoms. The number of nitrogens with one attached hydrogen (secondary N) is 2. The number of hydrogen-bond acceptors (Lipinski definition) is 3. The fourth-order valence-electron chi connectivity index (χ4n) is 5.38. The lowest BCUT2D eigenvalue weighted by Gasteiger charge is -2.60. The smallest absolute Gasteiger partial charge is 0.220 e. The van der Waals surface area contributed by atoms with Crippen LogP contribution < -0.4 is 10.0 Å². The number of hydrogen-bond donors (Lipinski definition) is 2. The number of amides is 1. The molecule has 0 heterocycles. The van der Waals surface area contributed by atoms with Gasteiger partial charge in [-0.1, -0.05) is 15.9 Å². The van der Waals surface area contributed by atoms with Gasteiger partial charge in [0.1, 0.15) is 0 Å². The molecule has 4 fully saturated rings. The summed E-state index contributed by atoms with van der Waals surface area (Å²) in [6, 6.07) is 0. The zero-order chi connectivity index (χ0) is 16.0. The van der Waals surface area contributed by atoms with E-state index in [-0.39, 0.29) is 22.2 Å². The van der Waals surface area contributed by atoms with Crippen LogP contribution in [0.15, 0.2) is 0 Å². The summed E-state index contributed by atoms with van der Waals surface area (Å²) in [5.41, 5.74) is 0.169. The number of sulfonamides is 1. The van der Waals surface area contributed by atoms with Gasteiger partial charge in [-0.3, -0.25) is 4.79 Å². The first-order valence-electron chi connectivity index (χ1n) is 8.07. The van der Waals surface area contributed by atoms with Crippen molar-refractivity contribution in [1.29, 1.82) is 0 Å². The van der Waals surface area contributed by atoms with Crippen molar-refractivity contribution in [1.82, 2.24) is 10.0 Å². The molecule has 4 saturated carbocycles. The van der Waals surface area contributed by atoms with Crippen LogP contribution in [0.25, 0.3) is 0 Å². The molecule has 0 radical (unpaired) electrons. The van der Waals surface area contributed by atoms with Crippen LogP contribution in [0.3, 0.4) is 0 Å². The Balaban J connectivity index is 1.51. The van der Waals surface area contributed by atoms with Crippen molar-refractivity contribution < 1.29 is 13.2 Å². The molecule has 5 nitrogen and oxygen atoms in total. The van der Waals surface area contributed by atoms with E-state index in [1.165, 1.54) is 32.1 Å². The average molecular weight is 393 g/mol. The van der Waals surface area contributed by atoms with Crippen LogP contribution in [0.2, 0.25) is 0 Å². The largest absolute Gasteiger partial charge is 0.355 e. The molecule has 4 aliphatic carbocycles. The van der Waals surface area contributed by atoms with Crippen molar-refractivity contribution in [2.75, 3.05) is 19.3 Å². The van der Waals surface area contributed by atoms with Crippen molar-refractivity contribution in [3.05, 3.63) is 0 Å². The van der Waals surface area contributed by atoms with E-state index in [0.29, 0.717) is 13.0 Å². The molecule has 0 spiro atoms. The topological polar surface area (TPSA) is 75.3 Å². The Morgan fingerprint density at radius 3 is 2.36 bits per heavy atom. The molecule has 4 rings (SSSR count). The maximum absolute atomic E-state index is 12.3. The second-order valence-corrected chi connectivity index (χ2v) is 11.3. The lowest BCUT2D eigenvalue weighted by Crippen LogP contribution is -2.54. The van der Waals surface area contributed by atoms with Gasteiger partial charge in [-0.05, 0) is 55.8 Å². The van der Waals surface area contributed by atoms with Crippen LogP contribution in [-0.4, -0.2) is 38.0 Å². The molecule has 0 aromatic rings. The van der Waals surface area contributed by atoms with Crippen LogP contribution >= 0.6 is 15.9 Å². The Morgan fingerprint density at radius 2 is 1.82 bits per heavy atom. The molecule has 4 aliphatic rings. The van der Waals surface area contributed by atoms with E-state index in [1.54, 1.807) is 0 Å². The molecule has 0 aromatic heterocycles. The van der Waals surface area contributed by atoms with E-state index >= 15 is 0 Å². The first kappa shape index (κ1) is 16.7. The summed E-state index contributed by atoms with van der Waals surface area (Å²) in [6.07, 6.45) is 9.08. The predicted octanol–water partition coefficient (Wildman–Crippen LogP) is 1.78. The zero-order valence-electron chi connectivity index (χ0n) is 13.0. The molecule has 7 heteroatoms. The van der Waals surface area contributed by atoms with Crippen LogP contribution in [0.5, 0.6) is 0 Å². The Bertz CT molecular complexity index is 549. The number of halogens is 1. The maximum Gasteiger partial charge on any atom is 0.220 e. The number of carbonyl (C=O) groups excluding carboxylic acids is 1. The Kier molecular flexibility index (Phi) is 4.36. The monoisotopic (exact) mass is 392 g/mol. The summed E-state index contributed by atoms with van der Waals surface area (Å²) < 4.78 is 24.6. The lowest BCUT2D eigenvalue weighted by atomic mass is 9.48. The standard InChI is InChI=1S/C15H25BrN2O3S/c1-22(20,21)18-3-2-17-13(19)9-14-5-11-4-12(6-14)8-15(16,7-11)10-14/h11-12,18H,2-10H2,1H3,(H,17,19). The highest BCUT2D eigenvalue weighted by molar-refractivity contribution is 9.10. The zero-order valence-corrected chi connectivity index (χ0v) is 15.4. The molecule has 22 heavy (non-hydrogen) atoms. The SMILES string of the molecule is CS(=O)(=O)NCCNC(=O)CC12CC3CC(CC(Br)(C3)C1)C2. The highest BCUT2D eigenvalue weighted by atomic mass is 79.9. The number of alkyl halides is 1. The first-order chi connectivity index (χ1) is 10.2. The van der Waals surface area contributed by atoms with Gasteiger partial charge in [0.2, 0.25) is 15.9 Å². The van der Waals surface area contributed by atoms with Gasteiger partial charge >= 0.3 is 0 Å². The highest BCUT2D eigenvalue weighted by Crippen LogP contribution is 2.65. The van der Waals surface area contributed by atoms with Gasteiger partial charge < -0.3 is 5.32 Å². The molecule has 2 atom stereocenters. The van der Waals surface area contributed by atoms with Crippen molar-refractivity contribution in [3.63, 3.8) is 0 Å². The third-order valence-corrected chi connectivity index (χ3v) is 7.11. The molecule has 0 saturated heterocycles. The second kappa shape index (κ2) is 5.74. The van der Waals surface area contributed by atoms with Crippen LogP contribution in [0.4, 0.5) is 0 Å². The Hall–Kier alpha value is -0.140. The minimum Gasteiger partial charge on any atom is -0.355 e. The number of carbonyl (C=O) groups is 1. The number of rotatable bonds is 6. The van der Waals surface area contributed by atoms with Gasteiger partial charge in [0.25, 0.3) is 0 Å². The molecule has 126 valence electrons. The quantitative estimate of drug-likeness (QED) is 0.534. The van der Waals surface area contributed by atoms with Crippen LogP contribution in [0.1, 0.15) is 44.9 Å². The van der Waals surface area contributed by atoms with E-state index in [4.69, 9.17) is 0 Å². The summed E-state index contributed by atoms with van der Waals surface area (Å²) in [6.45, 7) is 0.611. The fourth-order valence-corrected chi connectivity index (χ4v) is 7.37. The molecule has 1 amide bonds. The van der Waals surface area contributed by atoms with Gasteiger partial charge in [0.05, 0.1) is 6.26 Å². The minimum atomic E-state index is -3.18. The lowest BCUT2D eigenvalue weighted by molar-refractivity contribution is -0.128. The Morgan fingerprint density at radius 1 is 1.18 bits per heavy atom. The van der Waals surface area contributed by atoms with Gasteiger partial charge in [0, 0.05) is 23.8 Å². The summed E-state index contributed by atoms with van der Waals surface area (Å²) in [5.74, 6) is 1.62. The summed E-state index contributed by atoms with van der Waals surface area (Å²) in [7, 11) is -3.18. The third kappa shape index (κ3) is 3.85. The average Bonchev–Trinajstić information content (AvgIpc) is 2.29. The highest BCUT2D eigenvalue weighted by Gasteiger charge is 2.57. The molecule has 0 aliphatic heterocycles. The molecule has 2 unspecified atom stereocenters. The van der Waals surface area contributed by atoms with Gasteiger partial charge in [-0.25, -0.2) is 13.1 Å². The van der Waals surface area contributed by atoms with Crippen molar-refractivity contribution >= 4 is 31.9 Å². The van der Waals surface area contributed by atoms with E-state index in [2.05, 4.69) is 26.0 Å². The summed E-state index contributed by atoms with van der Waals surface area (Å²) in [4.78, 5) is 12.3. The van der Waals surface area contributed by atoms with E-state index in [1.807, 2.05) is 0 Å². The van der Waals surface area contributed by atoms with Crippen molar-refractivity contribution in [2.24, 2.45) is 17.3 Å².